The number of amides is 1. The lowest BCUT2D eigenvalue weighted by Gasteiger charge is -2.18. The summed E-state index contributed by atoms with van der Waals surface area (Å²) in [5, 5.41) is 0. The molecule has 0 saturated carbocycles. The Morgan fingerprint density at radius 3 is 2.65 bits per heavy atom. The monoisotopic (exact) mass is 274 g/mol. The van der Waals surface area contributed by atoms with Crippen LogP contribution in [-0.2, 0) is 4.79 Å². The maximum Gasteiger partial charge on any atom is 0.227 e. The van der Waals surface area contributed by atoms with Crippen LogP contribution in [0.4, 0.5) is 11.4 Å². The number of carbonyl (C=O) groups excluding carboxylic acids is 1. The van der Waals surface area contributed by atoms with Crippen molar-refractivity contribution in [3.05, 3.63) is 23.8 Å². The van der Waals surface area contributed by atoms with Gasteiger partial charge in [0.05, 0.1) is 5.69 Å². The molecule has 1 saturated heterocycles. The van der Waals surface area contributed by atoms with Crippen LogP contribution in [0.5, 0.6) is 0 Å². The van der Waals surface area contributed by atoms with Gasteiger partial charge in [-0.1, -0.05) is 6.07 Å². The smallest absolute Gasteiger partial charge is 0.227 e. The van der Waals surface area contributed by atoms with Gasteiger partial charge in [-0.15, -0.1) is 0 Å². The number of anilines is 1. The highest BCUT2D eigenvalue weighted by molar-refractivity contribution is 5.97. The first-order chi connectivity index (χ1) is 9.47. The Bertz CT molecular complexity index is 589. The SMILES string of the molecule is Cc1ccc(N=C(N)N=C(N)N)cc1N1CCCC1=O. The fraction of sp³-hybridized carbons (Fsp3) is 0.308. The van der Waals surface area contributed by atoms with Crippen LogP contribution in [-0.4, -0.2) is 24.4 Å². The number of carbonyl (C=O) groups is 1. The minimum atomic E-state index is -0.145. The molecule has 0 atom stereocenters. The van der Waals surface area contributed by atoms with Gasteiger partial charge in [-0.3, -0.25) is 4.79 Å². The summed E-state index contributed by atoms with van der Waals surface area (Å²) in [4.78, 5) is 21.3. The van der Waals surface area contributed by atoms with Crippen molar-refractivity contribution in [1.82, 2.24) is 0 Å². The zero-order valence-electron chi connectivity index (χ0n) is 11.3. The molecule has 7 nitrogen and oxygen atoms in total. The molecule has 1 aliphatic rings. The first-order valence-electron chi connectivity index (χ1n) is 6.32. The molecule has 0 unspecified atom stereocenters. The molecule has 7 heteroatoms. The van der Waals surface area contributed by atoms with Crippen LogP contribution in [0.2, 0.25) is 0 Å². The minimum absolute atomic E-state index is 0.0208. The van der Waals surface area contributed by atoms with Gasteiger partial charge >= 0.3 is 0 Å². The second kappa shape index (κ2) is 5.60. The molecule has 0 radical (unpaired) electrons. The molecule has 6 N–H and O–H groups in total. The summed E-state index contributed by atoms with van der Waals surface area (Å²) in [7, 11) is 0. The fourth-order valence-corrected chi connectivity index (χ4v) is 2.15. The molecule has 2 rings (SSSR count). The highest BCUT2D eigenvalue weighted by Crippen LogP contribution is 2.29. The van der Waals surface area contributed by atoms with Crippen molar-refractivity contribution in [2.45, 2.75) is 19.8 Å². The first kappa shape index (κ1) is 13.9. The van der Waals surface area contributed by atoms with Crippen molar-refractivity contribution < 1.29 is 4.79 Å². The maximum atomic E-state index is 11.8. The van der Waals surface area contributed by atoms with Crippen LogP contribution in [0, 0.1) is 6.92 Å². The maximum absolute atomic E-state index is 11.8. The topological polar surface area (TPSA) is 123 Å². The summed E-state index contributed by atoms with van der Waals surface area (Å²) in [6.07, 6.45) is 1.46. The zero-order valence-corrected chi connectivity index (χ0v) is 11.3. The molecule has 0 bridgehead atoms. The molecule has 0 spiro atoms. The number of hydrogen-bond donors (Lipinski definition) is 3. The van der Waals surface area contributed by atoms with Crippen molar-refractivity contribution in [3.8, 4) is 0 Å². The van der Waals surface area contributed by atoms with Crippen LogP contribution < -0.4 is 22.1 Å². The molecule has 0 aromatic heterocycles. The quantitative estimate of drug-likeness (QED) is 0.531. The van der Waals surface area contributed by atoms with E-state index in [1.54, 1.807) is 11.0 Å². The lowest BCUT2D eigenvalue weighted by molar-refractivity contribution is -0.117. The van der Waals surface area contributed by atoms with Crippen LogP contribution in [0.15, 0.2) is 28.2 Å². The van der Waals surface area contributed by atoms with E-state index in [9.17, 15) is 4.79 Å². The Morgan fingerprint density at radius 1 is 1.30 bits per heavy atom. The highest BCUT2D eigenvalue weighted by Gasteiger charge is 2.23. The molecule has 1 aliphatic heterocycles. The van der Waals surface area contributed by atoms with E-state index in [0.29, 0.717) is 12.1 Å². The van der Waals surface area contributed by atoms with Gasteiger partial charge in [-0.2, -0.15) is 4.99 Å². The van der Waals surface area contributed by atoms with E-state index in [2.05, 4.69) is 9.98 Å². The van der Waals surface area contributed by atoms with Crippen LogP contribution in [0.1, 0.15) is 18.4 Å². The normalized spacial score (nSPS) is 15.6. The van der Waals surface area contributed by atoms with E-state index in [1.807, 2.05) is 19.1 Å². The van der Waals surface area contributed by atoms with E-state index in [0.717, 1.165) is 24.2 Å². The summed E-state index contributed by atoms with van der Waals surface area (Å²) in [6.45, 7) is 2.68. The standard InChI is InChI=1S/C13H18N6O/c1-8-4-5-9(17-13(16)18-12(14)15)7-10(8)19-6-2-3-11(19)20/h4-5,7H,2-3,6H2,1H3,(H6,14,15,16,17,18). The average molecular weight is 274 g/mol. The Morgan fingerprint density at radius 2 is 2.05 bits per heavy atom. The predicted octanol–water partition coefficient (Wildman–Crippen LogP) is 0.341. The molecular weight excluding hydrogens is 256 g/mol. The van der Waals surface area contributed by atoms with Crippen LogP contribution in [0.25, 0.3) is 0 Å². The van der Waals surface area contributed by atoms with Gasteiger partial charge in [0.2, 0.25) is 11.9 Å². The second-order valence-corrected chi connectivity index (χ2v) is 4.63. The number of nitrogens with zero attached hydrogens (tertiary/aromatic N) is 3. The average Bonchev–Trinajstić information content (AvgIpc) is 2.77. The molecule has 106 valence electrons. The lowest BCUT2D eigenvalue weighted by Crippen LogP contribution is -2.26. The molecule has 1 amide bonds. The van der Waals surface area contributed by atoms with E-state index in [1.165, 1.54) is 0 Å². The number of hydrogen-bond acceptors (Lipinski definition) is 2. The van der Waals surface area contributed by atoms with Crippen molar-refractivity contribution >= 4 is 29.2 Å². The van der Waals surface area contributed by atoms with Gasteiger partial charge in [0, 0.05) is 18.7 Å². The number of nitrogens with two attached hydrogens (primary N) is 3. The third-order valence-electron chi connectivity index (χ3n) is 3.04. The Hall–Kier alpha value is -2.57. The van der Waals surface area contributed by atoms with Crippen LogP contribution >= 0.6 is 0 Å². The van der Waals surface area contributed by atoms with E-state index >= 15 is 0 Å². The zero-order chi connectivity index (χ0) is 14.7. The summed E-state index contributed by atoms with van der Waals surface area (Å²) >= 11 is 0. The number of aryl methyl sites for hydroxylation is 1. The predicted molar refractivity (Wildman–Crippen MR) is 79.9 cm³/mol. The van der Waals surface area contributed by atoms with Gasteiger partial charge in [0.1, 0.15) is 0 Å². The van der Waals surface area contributed by atoms with Crippen molar-refractivity contribution in [3.63, 3.8) is 0 Å². The Labute approximate surface area is 117 Å². The molecule has 1 heterocycles. The van der Waals surface area contributed by atoms with Gasteiger partial charge < -0.3 is 22.1 Å². The lowest BCUT2D eigenvalue weighted by atomic mass is 10.1. The number of benzene rings is 1. The van der Waals surface area contributed by atoms with E-state index < -0.39 is 0 Å². The van der Waals surface area contributed by atoms with Gasteiger partial charge in [-0.25, -0.2) is 4.99 Å². The summed E-state index contributed by atoms with van der Waals surface area (Å²) in [6, 6.07) is 5.50. The number of aliphatic imine (C=N–C) groups is 2. The summed E-state index contributed by atoms with van der Waals surface area (Å²) in [5.41, 5.74) is 18.5. The molecule has 1 fully saturated rings. The Balaban J connectivity index is 2.34. The molecule has 1 aromatic rings. The van der Waals surface area contributed by atoms with Crippen molar-refractivity contribution in [1.29, 1.82) is 0 Å². The fourth-order valence-electron chi connectivity index (χ4n) is 2.15. The van der Waals surface area contributed by atoms with Crippen molar-refractivity contribution in [2.75, 3.05) is 11.4 Å². The minimum Gasteiger partial charge on any atom is -0.370 e. The van der Waals surface area contributed by atoms with Gasteiger partial charge in [0.25, 0.3) is 0 Å². The van der Waals surface area contributed by atoms with E-state index in [-0.39, 0.29) is 17.8 Å². The second-order valence-electron chi connectivity index (χ2n) is 4.63. The van der Waals surface area contributed by atoms with Crippen molar-refractivity contribution in [2.24, 2.45) is 27.2 Å². The third-order valence-corrected chi connectivity index (χ3v) is 3.04. The molecule has 0 aliphatic carbocycles. The third kappa shape index (κ3) is 3.05. The van der Waals surface area contributed by atoms with Gasteiger partial charge in [-0.05, 0) is 31.0 Å². The number of guanidine groups is 2. The number of rotatable bonds is 2. The summed E-state index contributed by atoms with van der Waals surface area (Å²) in [5.74, 6) is -0.0349. The highest BCUT2D eigenvalue weighted by atomic mass is 16.2. The van der Waals surface area contributed by atoms with Gasteiger partial charge in [0.15, 0.2) is 5.96 Å². The van der Waals surface area contributed by atoms with Crippen LogP contribution in [0.3, 0.4) is 0 Å². The molecule has 1 aromatic carbocycles. The molecular formula is C13H18N6O. The largest absolute Gasteiger partial charge is 0.370 e. The van der Waals surface area contributed by atoms with E-state index in [4.69, 9.17) is 17.2 Å². The Kier molecular flexibility index (Phi) is 3.88. The molecule has 20 heavy (non-hydrogen) atoms. The summed E-state index contributed by atoms with van der Waals surface area (Å²) < 4.78 is 0. The first-order valence-corrected chi connectivity index (χ1v) is 6.32.